The van der Waals surface area contributed by atoms with Crippen molar-refractivity contribution < 1.29 is 9.90 Å². The zero-order chi connectivity index (χ0) is 13.0. The number of phenolic OH excluding ortho intramolecular Hbond substituents is 1. The maximum atomic E-state index is 12.2. The molecular weight excluding hydrogens is 236 g/mol. The molecule has 0 heterocycles. The number of aromatic hydroxyl groups is 1. The molecule has 0 aliphatic carbocycles. The van der Waals surface area contributed by atoms with Gasteiger partial charge in [0.2, 0.25) is 0 Å². The van der Waals surface area contributed by atoms with E-state index in [0.717, 1.165) is 0 Å². The lowest BCUT2D eigenvalue weighted by Crippen LogP contribution is -2.42. The Balaban J connectivity index is 2.95. The fraction of sp³-hybridized carbons (Fsp3) is 0.333. The summed E-state index contributed by atoms with van der Waals surface area (Å²) in [5.74, 6) is -0.126. The fourth-order valence-electron chi connectivity index (χ4n) is 1.46. The summed E-state index contributed by atoms with van der Waals surface area (Å²) in [5.41, 5.74) is 5.89. The Morgan fingerprint density at radius 2 is 2.18 bits per heavy atom. The number of hydrogen-bond donors (Lipinski definition) is 2. The van der Waals surface area contributed by atoms with Crippen LogP contribution < -0.4 is 5.73 Å². The number of phenols is 1. The Labute approximate surface area is 106 Å². The molecule has 0 aliphatic rings. The molecule has 1 rings (SSSR count). The summed E-state index contributed by atoms with van der Waals surface area (Å²) >= 11 is 4.82. The van der Waals surface area contributed by atoms with Gasteiger partial charge in [0.1, 0.15) is 5.75 Å². The molecule has 0 unspecified atom stereocenters. The van der Waals surface area contributed by atoms with Gasteiger partial charge in [0.25, 0.3) is 5.91 Å². The molecule has 0 bridgehead atoms. The number of nitrogens with two attached hydrogens (primary N) is 1. The number of nitrogens with zero attached hydrogens (tertiary/aromatic N) is 1. The molecule has 1 aromatic carbocycles. The van der Waals surface area contributed by atoms with E-state index < -0.39 is 0 Å². The normalized spacial score (nSPS) is 10.3. The zero-order valence-electron chi connectivity index (χ0n) is 9.88. The van der Waals surface area contributed by atoms with Crippen LogP contribution in [0, 0.1) is 0 Å². The van der Waals surface area contributed by atoms with E-state index in [4.69, 9.17) is 18.0 Å². The third-order valence-electron chi connectivity index (χ3n) is 2.30. The average molecular weight is 252 g/mol. The van der Waals surface area contributed by atoms with E-state index in [1.165, 1.54) is 12.1 Å². The molecule has 0 aromatic heterocycles. The van der Waals surface area contributed by atoms with E-state index in [-0.39, 0.29) is 29.2 Å². The number of amides is 1. The Morgan fingerprint density at radius 1 is 1.53 bits per heavy atom. The number of carbonyl (C=O) groups excluding carboxylic acids is 1. The second-order valence-corrected chi connectivity index (χ2v) is 4.57. The molecule has 17 heavy (non-hydrogen) atoms. The second-order valence-electron chi connectivity index (χ2n) is 4.04. The fourth-order valence-corrected chi connectivity index (χ4v) is 1.60. The van der Waals surface area contributed by atoms with Gasteiger partial charge >= 0.3 is 0 Å². The van der Waals surface area contributed by atoms with Crippen LogP contribution in [0.1, 0.15) is 24.2 Å². The molecule has 0 aliphatic heterocycles. The molecule has 92 valence electrons. The van der Waals surface area contributed by atoms with Gasteiger partial charge in [-0.2, -0.15) is 0 Å². The smallest absolute Gasteiger partial charge is 0.254 e. The second kappa shape index (κ2) is 5.63. The van der Waals surface area contributed by atoms with Crippen molar-refractivity contribution in [1.29, 1.82) is 0 Å². The van der Waals surface area contributed by atoms with Crippen LogP contribution in [0.2, 0.25) is 0 Å². The van der Waals surface area contributed by atoms with Crippen LogP contribution in [-0.2, 0) is 0 Å². The predicted octanol–water partition coefficient (Wildman–Crippen LogP) is 1.53. The van der Waals surface area contributed by atoms with Gasteiger partial charge in [-0.25, -0.2) is 0 Å². The number of benzene rings is 1. The molecule has 0 radical (unpaired) electrons. The van der Waals surface area contributed by atoms with Crippen molar-refractivity contribution in [2.75, 3.05) is 6.54 Å². The minimum absolute atomic E-state index is 0.00801. The van der Waals surface area contributed by atoms with Crippen LogP contribution in [0.15, 0.2) is 24.3 Å². The van der Waals surface area contributed by atoms with Crippen molar-refractivity contribution in [3.63, 3.8) is 0 Å². The van der Waals surface area contributed by atoms with Crippen molar-refractivity contribution >= 4 is 23.1 Å². The summed E-state index contributed by atoms with van der Waals surface area (Å²) in [6.07, 6.45) is 0. The van der Waals surface area contributed by atoms with Crippen LogP contribution in [0.4, 0.5) is 0 Å². The van der Waals surface area contributed by atoms with Gasteiger partial charge in [-0.1, -0.05) is 18.3 Å². The summed E-state index contributed by atoms with van der Waals surface area (Å²) in [7, 11) is 0. The Morgan fingerprint density at radius 3 is 2.65 bits per heavy atom. The summed E-state index contributed by atoms with van der Waals surface area (Å²) in [6, 6.07) is 6.21. The molecule has 0 fully saturated rings. The van der Waals surface area contributed by atoms with Crippen LogP contribution in [0.25, 0.3) is 0 Å². The van der Waals surface area contributed by atoms with Gasteiger partial charge in [-0.05, 0) is 32.0 Å². The van der Waals surface area contributed by atoms with Crippen molar-refractivity contribution in [2.45, 2.75) is 19.9 Å². The molecule has 4 nitrogen and oxygen atoms in total. The summed E-state index contributed by atoms with van der Waals surface area (Å²) in [6.45, 7) is 4.01. The van der Waals surface area contributed by atoms with E-state index in [2.05, 4.69) is 0 Å². The molecule has 5 heteroatoms. The standard InChI is InChI=1S/C12H16N2O2S/c1-8(2)14(7-11(13)17)12(16)9-4-3-5-10(15)6-9/h3-6,8,15H,7H2,1-2H3,(H2,13,17). The number of carbonyl (C=O) groups is 1. The first-order valence-corrected chi connectivity index (χ1v) is 5.71. The molecule has 3 N–H and O–H groups in total. The number of rotatable bonds is 4. The number of hydrogen-bond acceptors (Lipinski definition) is 3. The third kappa shape index (κ3) is 3.71. The summed E-state index contributed by atoms with van der Waals surface area (Å²) < 4.78 is 0. The predicted molar refractivity (Wildman–Crippen MR) is 71.1 cm³/mol. The molecule has 1 aromatic rings. The maximum Gasteiger partial charge on any atom is 0.254 e. The van der Waals surface area contributed by atoms with Crippen molar-refractivity contribution in [3.05, 3.63) is 29.8 Å². The Bertz CT molecular complexity index is 432. The lowest BCUT2D eigenvalue weighted by atomic mass is 10.1. The highest BCUT2D eigenvalue weighted by Gasteiger charge is 2.19. The summed E-state index contributed by atoms with van der Waals surface area (Å²) in [4.78, 5) is 14.0. The minimum Gasteiger partial charge on any atom is -0.508 e. The lowest BCUT2D eigenvalue weighted by molar-refractivity contribution is 0.0736. The zero-order valence-corrected chi connectivity index (χ0v) is 10.7. The van der Waals surface area contributed by atoms with E-state index in [1.54, 1.807) is 17.0 Å². The first-order valence-electron chi connectivity index (χ1n) is 5.30. The van der Waals surface area contributed by atoms with Crippen molar-refractivity contribution in [1.82, 2.24) is 4.90 Å². The van der Waals surface area contributed by atoms with E-state index >= 15 is 0 Å². The Kier molecular flexibility index (Phi) is 4.45. The van der Waals surface area contributed by atoms with Crippen molar-refractivity contribution in [3.8, 4) is 5.75 Å². The quantitative estimate of drug-likeness (QED) is 0.797. The first-order chi connectivity index (χ1) is 7.91. The van der Waals surface area contributed by atoms with E-state index in [9.17, 15) is 9.90 Å². The largest absolute Gasteiger partial charge is 0.508 e. The van der Waals surface area contributed by atoms with Crippen LogP contribution in [0.3, 0.4) is 0 Å². The van der Waals surface area contributed by atoms with E-state index in [1.807, 2.05) is 13.8 Å². The first kappa shape index (κ1) is 13.4. The van der Waals surface area contributed by atoms with Crippen molar-refractivity contribution in [2.24, 2.45) is 5.73 Å². The van der Waals surface area contributed by atoms with Crippen LogP contribution in [-0.4, -0.2) is 33.5 Å². The van der Waals surface area contributed by atoms with Crippen LogP contribution >= 0.6 is 12.2 Å². The minimum atomic E-state index is -0.191. The van der Waals surface area contributed by atoms with Gasteiger partial charge in [0, 0.05) is 11.6 Å². The molecule has 1 amide bonds. The average Bonchev–Trinajstić information content (AvgIpc) is 2.24. The highest BCUT2D eigenvalue weighted by molar-refractivity contribution is 7.80. The number of thiocarbonyl (C=S) groups is 1. The third-order valence-corrected chi connectivity index (χ3v) is 2.43. The van der Waals surface area contributed by atoms with Crippen LogP contribution in [0.5, 0.6) is 5.75 Å². The molecule has 0 atom stereocenters. The highest BCUT2D eigenvalue weighted by atomic mass is 32.1. The molecule has 0 saturated heterocycles. The van der Waals surface area contributed by atoms with Gasteiger partial charge < -0.3 is 15.7 Å². The summed E-state index contributed by atoms with van der Waals surface area (Å²) in [5, 5.41) is 9.34. The molecular formula is C12H16N2O2S. The lowest BCUT2D eigenvalue weighted by Gasteiger charge is -2.26. The van der Waals surface area contributed by atoms with E-state index in [0.29, 0.717) is 5.56 Å². The van der Waals surface area contributed by atoms with Gasteiger partial charge in [-0.15, -0.1) is 0 Å². The SMILES string of the molecule is CC(C)N(CC(N)=S)C(=O)c1cccc(O)c1. The molecule has 0 spiro atoms. The van der Waals surface area contributed by atoms with Gasteiger partial charge in [0.05, 0.1) is 11.5 Å². The maximum absolute atomic E-state index is 12.2. The highest BCUT2D eigenvalue weighted by Crippen LogP contribution is 2.14. The Hall–Kier alpha value is -1.62. The monoisotopic (exact) mass is 252 g/mol. The topological polar surface area (TPSA) is 66.6 Å². The molecule has 0 saturated carbocycles. The van der Waals surface area contributed by atoms with Gasteiger partial charge in [0.15, 0.2) is 0 Å². The van der Waals surface area contributed by atoms with Gasteiger partial charge in [-0.3, -0.25) is 4.79 Å².